The van der Waals surface area contributed by atoms with Crippen LogP contribution in [0.3, 0.4) is 0 Å². The van der Waals surface area contributed by atoms with Crippen LogP contribution in [0.1, 0.15) is 93.8 Å². The number of urea groups is 1. The summed E-state index contributed by atoms with van der Waals surface area (Å²) in [5, 5.41) is 66.0. The highest BCUT2D eigenvalue weighted by Crippen LogP contribution is 2.27. The molecular weight excluding hydrogens is 1660 g/mol. The molecule has 5 N–H and O–H groups in total. The molecule has 0 unspecified atom stereocenters. The predicted octanol–water partition coefficient (Wildman–Crippen LogP) is 14.1. The average molecular weight is 1730 g/mol. The maximum atomic E-state index is 14.5. The van der Waals surface area contributed by atoms with E-state index in [1.165, 1.54) is 50.8 Å². The monoisotopic (exact) mass is 1730 g/mol. The standard InChI is InChI=1S/C19H16FN5O.C18H15FN8O.C17H12FN5O.C15H9ClFN5.C12H11FN2O.C4H2Cl2N2/c1-3-26-12(2)16-6-7-18-22-23-19(25(18)24-16)10-14-9-13-5-4-8-21-17(13)11-15(14)20;1-10(22-25-18(20)28)14-4-5-16-23-24-17(27(16)26-14)8-12-7-11-3-2-6-21-15(11)9-13(12)19;1-10(24)14-4-5-16-20-21-17(23(16)22-14)8-12-7-11-3-2-6-19-15(11)9-13(12)18;16-13-3-4-14-19-20-15(22(14)21-13)7-10-6-9-2-1-5-18-12(9)8-11(10)17;13-11-6-12-8(2-1-3-15-12)4-9(11)5-10(16)7-14;5-3-1-2-4(6)8-7-3/h4-9,11H,2-3,10H2,1H3;2-7,9H,8H2,1H3,(H3,20,25,28);2-7,9H,8H2,1H3;1-6,8H,7H2;1-4,6H,5,7,14H2;1-2H/b;22-10+;;;;. The molecule has 0 aliphatic heterocycles. The second-order valence-corrected chi connectivity index (χ2v) is 28.1. The number of amides is 2. The molecule has 0 saturated heterocycles. The lowest BCUT2D eigenvalue weighted by Gasteiger charge is -2.07. The number of pyridine rings is 5. The van der Waals surface area contributed by atoms with Crippen molar-refractivity contribution in [3.8, 4) is 0 Å². The smallest absolute Gasteiger partial charge is 0.332 e. The fraction of sp³-hybridized carbons (Fsp3) is 0.118. The lowest BCUT2D eigenvalue weighted by Crippen LogP contribution is -2.25. The molecule has 124 heavy (non-hydrogen) atoms. The van der Waals surface area contributed by atoms with Crippen LogP contribution >= 0.6 is 34.8 Å². The Morgan fingerprint density at radius 2 is 0.726 bits per heavy atom. The maximum absolute atomic E-state index is 14.5. The number of Topliss-reactive ketones (excluding diaryl/α,β-unsaturated/α-hetero) is 2. The van der Waals surface area contributed by atoms with Crippen LogP contribution in [-0.4, -0.2) is 151 Å². The highest BCUT2D eigenvalue weighted by atomic mass is 35.5. The van der Waals surface area contributed by atoms with E-state index >= 15 is 0 Å². The van der Waals surface area contributed by atoms with E-state index in [0.717, 1.165) is 26.9 Å². The Hall–Kier alpha value is -15.3. The highest BCUT2D eigenvalue weighted by Gasteiger charge is 2.20. The molecule has 19 aromatic rings. The van der Waals surface area contributed by atoms with E-state index in [-0.39, 0.29) is 73.5 Å². The van der Waals surface area contributed by atoms with Gasteiger partial charge in [-0.2, -0.15) is 43.6 Å². The van der Waals surface area contributed by atoms with E-state index in [0.29, 0.717) is 152 Å². The van der Waals surface area contributed by atoms with Gasteiger partial charge in [0, 0.05) is 127 Å². The van der Waals surface area contributed by atoms with Gasteiger partial charge in [-0.15, -0.1) is 51.0 Å². The lowest BCUT2D eigenvalue weighted by atomic mass is 10.1. The molecule has 0 radical (unpaired) electrons. The summed E-state index contributed by atoms with van der Waals surface area (Å²) in [6.45, 7) is 9.29. The number of primary amides is 1. The highest BCUT2D eigenvalue weighted by molar-refractivity contribution is 6.31. The summed E-state index contributed by atoms with van der Waals surface area (Å²) in [5.74, 6) is 0.334. The summed E-state index contributed by atoms with van der Waals surface area (Å²) in [5.41, 5.74) is 21.7. The van der Waals surface area contributed by atoms with Crippen molar-refractivity contribution < 1.29 is 41.1 Å². The molecule has 0 bridgehead atoms. The minimum absolute atomic E-state index is 0.0349. The minimum atomic E-state index is -0.772. The van der Waals surface area contributed by atoms with Gasteiger partial charge in [0.1, 0.15) is 57.1 Å². The molecule has 19 rings (SSSR count). The number of hydrazone groups is 1. The molecule has 0 aliphatic carbocycles. The van der Waals surface area contributed by atoms with Crippen molar-refractivity contribution >= 4 is 141 Å². The molecule has 14 aromatic heterocycles. The number of nitrogens with zero attached hydrogens (tertiary/aromatic N) is 24. The van der Waals surface area contributed by atoms with E-state index in [2.05, 4.69) is 113 Å². The Bertz CT molecular complexity index is 7250. The van der Waals surface area contributed by atoms with Crippen LogP contribution in [0.15, 0.2) is 225 Å². The third-order valence-electron chi connectivity index (χ3n) is 18.4. The second kappa shape index (κ2) is 38.8. The molecule has 0 fully saturated rings. The maximum Gasteiger partial charge on any atom is 0.332 e. The number of carbonyl (C=O) groups is 3. The molecule has 620 valence electrons. The molecule has 39 heteroatoms. The Morgan fingerprint density at radius 3 is 1.07 bits per heavy atom. The van der Waals surface area contributed by atoms with Crippen molar-refractivity contribution in [2.75, 3.05) is 13.2 Å². The quantitative estimate of drug-likeness (QED) is 0.0250. The minimum Gasteiger partial charge on any atom is -0.492 e. The Morgan fingerprint density at radius 1 is 0.411 bits per heavy atom. The summed E-state index contributed by atoms with van der Waals surface area (Å²) in [6, 6.07) is 50.0. The van der Waals surface area contributed by atoms with Crippen LogP contribution in [-0.2, 0) is 41.6 Å². The molecule has 0 aliphatic rings. The van der Waals surface area contributed by atoms with Crippen molar-refractivity contribution in [1.82, 2.24) is 120 Å². The molecule has 5 aromatic carbocycles. The normalized spacial score (nSPS) is 11.2. The summed E-state index contributed by atoms with van der Waals surface area (Å²) >= 11 is 16.6. The summed E-state index contributed by atoms with van der Waals surface area (Å²) in [4.78, 5) is 54.1. The van der Waals surface area contributed by atoms with Crippen molar-refractivity contribution in [3.63, 3.8) is 0 Å². The molecule has 0 spiro atoms. The largest absolute Gasteiger partial charge is 0.492 e. The number of benzene rings is 5. The van der Waals surface area contributed by atoms with Crippen LogP contribution < -0.4 is 16.9 Å². The fourth-order valence-corrected chi connectivity index (χ4v) is 12.7. The van der Waals surface area contributed by atoms with Gasteiger partial charge in [-0.3, -0.25) is 34.5 Å². The van der Waals surface area contributed by atoms with Gasteiger partial charge >= 0.3 is 6.03 Å². The molecule has 0 atom stereocenters. The van der Waals surface area contributed by atoms with Gasteiger partial charge in [0.2, 0.25) is 0 Å². The number of carbonyl (C=O) groups excluding carboxylic acids is 3. The predicted molar refractivity (Wildman–Crippen MR) is 453 cm³/mol. The molecule has 14 heterocycles. The van der Waals surface area contributed by atoms with Gasteiger partial charge in [0.15, 0.2) is 67.8 Å². The van der Waals surface area contributed by atoms with Gasteiger partial charge < -0.3 is 16.2 Å². The third-order valence-corrected chi connectivity index (χ3v) is 19.0. The molecule has 2 amide bonds. The van der Waals surface area contributed by atoms with Gasteiger partial charge in [0.25, 0.3) is 0 Å². The summed E-state index contributed by atoms with van der Waals surface area (Å²) in [6.07, 6.45) is 9.11. The van der Waals surface area contributed by atoms with Crippen molar-refractivity contribution in [1.29, 1.82) is 0 Å². The number of ketones is 2. The first kappa shape index (κ1) is 85.2. The van der Waals surface area contributed by atoms with Crippen molar-refractivity contribution in [3.05, 3.63) is 332 Å². The molecular formula is C85H65Cl3F5N27O4. The fourth-order valence-electron chi connectivity index (χ4n) is 12.4. The number of aromatic nitrogens is 23. The zero-order valence-electron chi connectivity index (χ0n) is 65.4. The summed E-state index contributed by atoms with van der Waals surface area (Å²) < 4.78 is 82.7. The van der Waals surface area contributed by atoms with Gasteiger partial charge in [-0.25, -0.2) is 32.2 Å². The van der Waals surface area contributed by atoms with Crippen LogP contribution in [0, 0.1) is 29.1 Å². The number of hydrogen-bond donors (Lipinski definition) is 3. The van der Waals surface area contributed by atoms with Crippen LogP contribution in [0.25, 0.3) is 82.9 Å². The number of nitrogens with two attached hydrogens (primary N) is 2. The molecule has 31 nitrogen and oxygen atoms in total. The first-order chi connectivity index (χ1) is 60.0. The van der Waals surface area contributed by atoms with Crippen molar-refractivity contribution in [2.24, 2.45) is 16.6 Å². The zero-order valence-corrected chi connectivity index (χ0v) is 67.7. The Balaban J connectivity index is 0.000000124. The first-order valence-corrected chi connectivity index (χ1v) is 38.6. The van der Waals surface area contributed by atoms with Crippen molar-refractivity contribution in [2.45, 2.75) is 52.9 Å². The van der Waals surface area contributed by atoms with E-state index in [1.807, 2.05) is 49.4 Å². The topological polar surface area (TPSA) is 399 Å². The van der Waals surface area contributed by atoms with E-state index in [4.69, 9.17) is 51.0 Å². The number of nitrogens with one attached hydrogen (secondary N) is 1. The molecule has 0 saturated carbocycles. The Kier molecular flexibility index (Phi) is 26.7. The van der Waals surface area contributed by atoms with Crippen LogP contribution in [0.5, 0.6) is 0 Å². The summed E-state index contributed by atoms with van der Waals surface area (Å²) in [7, 11) is 0. The second-order valence-electron chi connectivity index (χ2n) is 26.9. The number of fused-ring (bicyclic) bond motifs is 9. The van der Waals surface area contributed by atoms with Gasteiger partial charge in [-0.05, 0) is 163 Å². The van der Waals surface area contributed by atoms with E-state index in [9.17, 15) is 36.3 Å². The van der Waals surface area contributed by atoms with E-state index in [1.54, 1.807) is 152 Å². The Labute approximate surface area is 712 Å². The number of ether oxygens (including phenoxy) is 1. The SMILES string of the molecule is C/C(=N\NC(N)=O)c1ccc2nnc(Cc3cc4cccnc4cc3F)n2n1.C=C(OCC)c1ccc2nnc(Cc3cc4cccnc4cc3F)n2n1.CC(=O)c1ccc2nnc(Cc3cc4cccnc4cc3F)n2n1.Clc1ccc(Cl)nn1.Fc1cc2ncccc2cc1Cc1nnc2ccc(Cl)nn12.NCC(=O)Cc1cc2cccnc2cc1F. The third kappa shape index (κ3) is 20.8. The zero-order chi connectivity index (χ0) is 87.1. The number of halogens is 8. The number of hydrogen-bond acceptors (Lipinski definition) is 25. The lowest BCUT2D eigenvalue weighted by molar-refractivity contribution is -0.117. The number of rotatable bonds is 17. The van der Waals surface area contributed by atoms with Gasteiger partial charge in [-0.1, -0.05) is 71.7 Å². The van der Waals surface area contributed by atoms with Crippen LogP contribution in [0.4, 0.5) is 26.7 Å². The van der Waals surface area contributed by atoms with Gasteiger partial charge in [0.05, 0.1) is 46.4 Å². The average Bonchev–Trinajstić information content (AvgIpc) is 1.57. The van der Waals surface area contributed by atoms with Crippen LogP contribution in [0.2, 0.25) is 15.5 Å². The van der Waals surface area contributed by atoms with E-state index < -0.39 is 11.8 Å². The first-order valence-electron chi connectivity index (χ1n) is 37.4.